The Morgan fingerprint density at radius 3 is 2.79 bits per heavy atom. The van der Waals surface area contributed by atoms with Crippen molar-refractivity contribution in [1.29, 1.82) is 0 Å². The molecule has 0 radical (unpaired) electrons. The number of carbonyl (C=O) groups excluding carboxylic acids is 2. The molecule has 2 N–H and O–H groups in total. The molecule has 1 aromatic carbocycles. The Morgan fingerprint density at radius 2 is 2.13 bits per heavy atom. The second-order valence-corrected chi connectivity index (χ2v) is 11.1. The van der Waals surface area contributed by atoms with E-state index in [4.69, 9.17) is 24.2 Å². The molecule has 39 heavy (non-hydrogen) atoms. The normalized spacial score (nSPS) is 24.0. The SMILES string of the molecule is C=C[C@@H]1C[C@]1(NC(=O)[C@@H]1C[C@@H](Oc2cc(-c3nc(C(C)C)cs3)nc3cc(OC)ccc23)CN1)C(=O)OCC. The molecule has 1 amide bonds. The highest BCUT2D eigenvalue weighted by Gasteiger charge is 2.61. The number of hydrogen-bond acceptors (Lipinski definition) is 9. The number of nitrogens with zero attached hydrogens (tertiary/aromatic N) is 2. The maximum atomic E-state index is 13.1. The number of carbonyl (C=O) groups is 2. The van der Waals surface area contributed by atoms with Crippen LogP contribution in [0.4, 0.5) is 0 Å². The van der Waals surface area contributed by atoms with Crippen molar-refractivity contribution in [2.24, 2.45) is 5.92 Å². The highest BCUT2D eigenvalue weighted by atomic mass is 32.1. The summed E-state index contributed by atoms with van der Waals surface area (Å²) in [6, 6.07) is 7.11. The van der Waals surface area contributed by atoms with Crippen LogP contribution in [0, 0.1) is 5.92 Å². The Kier molecular flexibility index (Phi) is 7.59. The van der Waals surface area contributed by atoms with E-state index in [9.17, 15) is 9.59 Å². The van der Waals surface area contributed by atoms with Gasteiger partial charge in [0, 0.05) is 41.8 Å². The third-order valence-electron chi connectivity index (χ3n) is 7.30. The number of fused-ring (bicyclic) bond motifs is 1. The predicted molar refractivity (Wildman–Crippen MR) is 150 cm³/mol. The molecular formula is C29H34N4O5S. The third kappa shape index (κ3) is 5.35. The van der Waals surface area contributed by atoms with Crippen LogP contribution in [0.5, 0.6) is 11.5 Å². The molecule has 2 fully saturated rings. The zero-order valence-corrected chi connectivity index (χ0v) is 23.5. The second-order valence-electron chi connectivity index (χ2n) is 10.3. The van der Waals surface area contributed by atoms with Gasteiger partial charge in [-0.3, -0.25) is 4.79 Å². The van der Waals surface area contributed by atoms with Gasteiger partial charge in [0.1, 0.15) is 33.8 Å². The van der Waals surface area contributed by atoms with Crippen LogP contribution in [0.2, 0.25) is 0 Å². The molecule has 3 heterocycles. The lowest BCUT2D eigenvalue weighted by molar-refractivity contribution is -0.149. The molecule has 3 aromatic rings. The molecule has 2 aromatic heterocycles. The topological polar surface area (TPSA) is 112 Å². The summed E-state index contributed by atoms with van der Waals surface area (Å²) in [5.41, 5.74) is 1.47. The van der Waals surface area contributed by atoms with Gasteiger partial charge >= 0.3 is 5.97 Å². The number of aromatic nitrogens is 2. The van der Waals surface area contributed by atoms with E-state index in [0.717, 1.165) is 27.3 Å². The van der Waals surface area contributed by atoms with Gasteiger partial charge in [0.25, 0.3) is 0 Å². The molecule has 2 aliphatic rings. The van der Waals surface area contributed by atoms with E-state index in [1.807, 2.05) is 24.3 Å². The lowest BCUT2D eigenvalue weighted by Crippen LogP contribution is -2.51. The largest absolute Gasteiger partial charge is 0.497 e. The summed E-state index contributed by atoms with van der Waals surface area (Å²) in [7, 11) is 1.62. The minimum atomic E-state index is -1.02. The molecule has 0 unspecified atom stereocenters. The van der Waals surface area contributed by atoms with Crippen LogP contribution in [0.1, 0.15) is 45.2 Å². The maximum Gasteiger partial charge on any atom is 0.332 e. The Bertz CT molecular complexity index is 1410. The number of hydrogen-bond donors (Lipinski definition) is 2. The first-order valence-corrected chi connectivity index (χ1v) is 14.1. The minimum Gasteiger partial charge on any atom is -0.497 e. The number of pyridine rings is 1. The van der Waals surface area contributed by atoms with E-state index in [0.29, 0.717) is 36.8 Å². The summed E-state index contributed by atoms with van der Waals surface area (Å²) in [6.45, 7) is 10.5. The molecule has 1 saturated heterocycles. The molecule has 1 saturated carbocycles. The van der Waals surface area contributed by atoms with E-state index < -0.39 is 17.6 Å². The molecular weight excluding hydrogens is 516 g/mol. The van der Waals surface area contributed by atoms with Crippen molar-refractivity contribution in [1.82, 2.24) is 20.6 Å². The van der Waals surface area contributed by atoms with Crippen LogP contribution >= 0.6 is 11.3 Å². The summed E-state index contributed by atoms with van der Waals surface area (Å²) < 4.78 is 17.1. The summed E-state index contributed by atoms with van der Waals surface area (Å²) in [6.07, 6.45) is 2.39. The predicted octanol–water partition coefficient (Wildman–Crippen LogP) is 4.22. The van der Waals surface area contributed by atoms with E-state index >= 15 is 0 Å². The van der Waals surface area contributed by atoms with Crippen molar-refractivity contribution >= 4 is 34.1 Å². The fourth-order valence-electron chi connectivity index (χ4n) is 4.92. The maximum absolute atomic E-state index is 13.1. The highest BCUT2D eigenvalue weighted by molar-refractivity contribution is 7.13. The van der Waals surface area contributed by atoms with E-state index in [1.165, 1.54) is 0 Å². The number of ether oxygens (including phenoxy) is 3. The highest BCUT2D eigenvalue weighted by Crippen LogP contribution is 2.45. The van der Waals surface area contributed by atoms with E-state index in [1.54, 1.807) is 31.4 Å². The first kappa shape index (κ1) is 27.1. The minimum absolute atomic E-state index is 0.130. The van der Waals surface area contributed by atoms with Crippen LogP contribution in [0.25, 0.3) is 21.6 Å². The molecule has 9 nitrogen and oxygen atoms in total. The Hall–Kier alpha value is -3.50. The van der Waals surface area contributed by atoms with Crippen molar-refractivity contribution < 1.29 is 23.8 Å². The van der Waals surface area contributed by atoms with Gasteiger partial charge in [-0.1, -0.05) is 19.9 Å². The summed E-state index contributed by atoms with van der Waals surface area (Å²) in [5.74, 6) is 0.904. The zero-order valence-electron chi connectivity index (χ0n) is 22.7. The van der Waals surface area contributed by atoms with Crippen LogP contribution in [-0.2, 0) is 14.3 Å². The van der Waals surface area contributed by atoms with Crippen molar-refractivity contribution in [2.75, 3.05) is 20.3 Å². The van der Waals surface area contributed by atoms with Gasteiger partial charge in [-0.15, -0.1) is 17.9 Å². The fourth-order valence-corrected chi connectivity index (χ4v) is 5.86. The number of nitrogens with one attached hydrogen (secondary N) is 2. The number of esters is 1. The van der Waals surface area contributed by atoms with Crippen molar-refractivity contribution in [3.63, 3.8) is 0 Å². The Balaban J connectivity index is 1.35. The lowest BCUT2D eigenvalue weighted by Gasteiger charge is -2.20. The monoisotopic (exact) mass is 550 g/mol. The van der Waals surface area contributed by atoms with Gasteiger partial charge < -0.3 is 24.8 Å². The van der Waals surface area contributed by atoms with Gasteiger partial charge in [0.2, 0.25) is 5.91 Å². The number of rotatable bonds is 10. The molecule has 5 rings (SSSR count). The van der Waals surface area contributed by atoms with Crippen molar-refractivity contribution in [3.8, 4) is 22.2 Å². The summed E-state index contributed by atoms with van der Waals surface area (Å²) in [5, 5.41) is 9.90. The van der Waals surface area contributed by atoms with Crippen LogP contribution in [0.3, 0.4) is 0 Å². The zero-order chi connectivity index (χ0) is 27.7. The van der Waals surface area contributed by atoms with Gasteiger partial charge in [0.05, 0.1) is 31.0 Å². The Labute approximate surface area is 232 Å². The second kappa shape index (κ2) is 10.9. The average molecular weight is 551 g/mol. The van der Waals surface area contributed by atoms with Crippen LogP contribution < -0.4 is 20.1 Å². The van der Waals surface area contributed by atoms with Crippen molar-refractivity contribution in [3.05, 3.63) is 48.0 Å². The number of methoxy groups -OCH3 is 1. The smallest absolute Gasteiger partial charge is 0.332 e. The molecule has 10 heteroatoms. The average Bonchev–Trinajstić information content (AvgIpc) is 3.25. The molecule has 4 atom stereocenters. The quantitative estimate of drug-likeness (QED) is 0.285. The van der Waals surface area contributed by atoms with Crippen LogP contribution in [0.15, 0.2) is 42.3 Å². The number of benzene rings is 1. The molecule has 1 aliphatic heterocycles. The fraction of sp³-hybridized carbons (Fsp3) is 0.448. The van der Waals surface area contributed by atoms with E-state index in [2.05, 4.69) is 36.4 Å². The first-order chi connectivity index (χ1) is 18.8. The first-order valence-electron chi connectivity index (χ1n) is 13.2. The van der Waals surface area contributed by atoms with Crippen LogP contribution in [-0.4, -0.2) is 59.8 Å². The number of thiazole rings is 1. The van der Waals surface area contributed by atoms with Gasteiger partial charge in [0.15, 0.2) is 0 Å². The molecule has 1 aliphatic carbocycles. The Morgan fingerprint density at radius 1 is 1.31 bits per heavy atom. The molecule has 0 bridgehead atoms. The van der Waals surface area contributed by atoms with Gasteiger partial charge in [-0.25, -0.2) is 14.8 Å². The third-order valence-corrected chi connectivity index (χ3v) is 8.18. The van der Waals surface area contributed by atoms with E-state index in [-0.39, 0.29) is 24.5 Å². The van der Waals surface area contributed by atoms with Crippen molar-refractivity contribution in [2.45, 2.75) is 57.2 Å². The molecule has 206 valence electrons. The molecule has 0 spiro atoms. The van der Waals surface area contributed by atoms with Gasteiger partial charge in [-0.05, 0) is 31.4 Å². The standard InChI is InChI=1S/C29H34N4O5S/c1-6-17-13-29(17,28(35)37-7-2)33-26(34)22-11-19(14-30-22)38-25-12-23(27-32-24(15-39-27)16(3)4)31-21-10-18(36-5)8-9-20(21)25/h6,8-10,12,15-17,19,22,30H,1,7,11,13-14H2,2-5H3,(H,33,34)/t17-,19-,22+,29-/m1/s1. The number of amides is 1. The lowest BCUT2D eigenvalue weighted by atomic mass is 10.1. The summed E-state index contributed by atoms with van der Waals surface area (Å²) in [4.78, 5) is 35.3. The summed E-state index contributed by atoms with van der Waals surface area (Å²) >= 11 is 1.55. The van der Waals surface area contributed by atoms with Gasteiger partial charge in [-0.2, -0.15) is 0 Å².